The molecule has 4 nitrogen and oxygen atoms in total. The number of hydrogen-bond acceptors (Lipinski definition) is 0. The molecule has 5 aliphatic rings. The molecular weight excluding hydrogens is 799 g/mol. The van der Waals surface area contributed by atoms with Crippen LogP contribution in [0, 0.1) is 12.8 Å². The van der Waals surface area contributed by atoms with Crippen LogP contribution in [0.15, 0.2) is 36.4 Å². The van der Waals surface area contributed by atoms with E-state index in [4.69, 9.17) is 39.4 Å². The number of rotatable bonds is 3. The molecule has 2 aromatic rings. The summed E-state index contributed by atoms with van der Waals surface area (Å²) in [4.78, 5) is 0. The first kappa shape index (κ1) is 36.1. The molecule has 4 aliphatic heterocycles. The number of nitrogens with zero attached hydrogens (tertiary/aromatic N) is 4. The molecule has 0 amide bonds. The Hall–Kier alpha value is -0.201. The van der Waals surface area contributed by atoms with Crippen molar-refractivity contribution < 1.29 is 13.5 Å². The summed E-state index contributed by atoms with van der Waals surface area (Å²) in [6.45, 7) is 13.5. The van der Waals surface area contributed by atoms with Gasteiger partial charge in [-0.15, -0.1) is 26.2 Å². The van der Waals surface area contributed by atoms with Gasteiger partial charge in [0.15, 0.2) is 0 Å². The van der Waals surface area contributed by atoms with Crippen LogP contribution in [0.1, 0.15) is 113 Å². The molecule has 6 atom stereocenters. The van der Waals surface area contributed by atoms with E-state index in [1.807, 2.05) is 0 Å². The predicted octanol–water partition coefficient (Wildman–Crippen LogP) is 12.0. The van der Waals surface area contributed by atoms with Crippen molar-refractivity contribution >= 4 is 28.8 Å². The zero-order valence-corrected chi connectivity index (χ0v) is 32.2. The molecule has 0 saturated carbocycles. The second-order valence-electron chi connectivity index (χ2n) is 14.4. The molecule has 4 saturated heterocycles. The fourth-order valence-electron chi connectivity index (χ4n) is 8.05. The summed E-state index contributed by atoms with van der Waals surface area (Å²) in [5, 5.41) is 19.4. The molecule has 6 unspecified atom stereocenters. The molecule has 0 aromatic heterocycles. The average molecular weight is 851 g/mol. The van der Waals surface area contributed by atoms with Gasteiger partial charge in [-0.2, -0.15) is 24.2 Å². The van der Waals surface area contributed by atoms with Gasteiger partial charge in [-0.05, 0) is 47.1 Å². The monoisotopic (exact) mass is 850 g/mol. The Labute approximate surface area is 291 Å². The van der Waals surface area contributed by atoms with Crippen molar-refractivity contribution in [1.82, 2.24) is 0 Å². The quantitative estimate of drug-likeness (QED) is 0.295. The van der Waals surface area contributed by atoms with Gasteiger partial charge in [0.1, 0.15) is 0 Å². The summed E-state index contributed by atoms with van der Waals surface area (Å²) in [6.07, 6.45) is 13.0. The van der Waals surface area contributed by atoms with E-state index in [0.29, 0.717) is 30.1 Å². The zero-order chi connectivity index (χ0) is 32.0. The predicted molar refractivity (Wildman–Crippen MR) is 192 cm³/mol. The van der Waals surface area contributed by atoms with Gasteiger partial charge in [-0.1, -0.05) is 126 Å². The van der Waals surface area contributed by atoms with E-state index in [9.17, 15) is 0 Å². The van der Waals surface area contributed by atoms with E-state index in [0.717, 1.165) is 32.1 Å². The summed E-state index contributed by atoms with van der Waals surface area (Å²) in [5.41, 5.74) is 8.74. The third-order valence-corrected chi connectivity index (χ3v) is 10.7. The number of halogens is 3. The van der Waals surface area contributed by atoms with Crippen LogP contribution in [0.5, 0.6) is 0 Å². The molecule has 0 bridgehead atoms. The van der Waals surface area contributed by atoms with Crippen LogP contribution in [0.3, 0.4) is 0 Å². The van der Waals surface area contributed by atoms with E-state index in [-0.39, 0.29) is 5.41 Å². The Morgan fingerprint density at radius 1 is 0.644 bits per heavy atom. The summed E-state index contributed by atoms with van der Waals surface area (Å²) < 4.78 is 0. The molecule has 1 aliphatic carbocycles. The SMILES string of the molecule is C1CCC(C2CCCC[N-]2)[N-]C1.Cc1ccc2c(c1)C(C)(C)c1cc(C3CCC(C4CCC(C)C[N-]4)[N-]C3)ccc1-2.[Cl][Ir]([Cl])[Cl]. The van der Waals surface area contributed by atoms with Crippen LogP contribution in [0.2, 0.25) is 0 Å². The first-order valence-electron chi connectivity index (χ1n) is 17.2. The first-order valence-corrected chi connectivity index (χ1v) is 26.1. The van der Waals surface area contributed by atoms with Crippen molar-refractivity contribution in [3.8, 4) is 11.1 Å². The summed E-state index contributed by atoms with van der Waals surface area (Å²) in [7, 11) is 14.9. The van der Waals surface area contributed by atoms with Crippen molar-refractivity contribution in [3.63, 3.8) is 0 Å². The number of hydrogen-bond donors (Lipinski definition) is 0. The van der Waals surface area contributed by atoms with Crippen LogP contribution in [0.4, 0.5) is 0 Å². The standard InChI is InChI=1S/C27H34N2.C10H18N2.3ClH.Ir/c1-17-5-9-21-22-10-7-19(14-24(22)27(3,4)23(21)13-17)20-8-12-26(29-16-20)25-11-6-18(2)15-28-25;1-3-7-11-9(5-1)10-6-2-4-8-12-10;;;;/h5,7,9-10,13-14,18,20,25-26H,6,8,11-12,15-16H2,1-4H3;9-10H,1-8H2;3*1H;/q2*-2;;;;+3/p-3. The van der Waals surface area contributed by atoms with Crippen molar-refractivity contribution in [2.75, 3.05) is 26.2 Å². The maximum absolute atomic E-state index is 5.12. The molecule has 0 N–H and O–H groups in total. The molecule has 4 heterocycles. The first-order chi connectivity index (χ1) is 21.6. The molecule has 45 heavy (non-hydrogen) atoms. The molecular formula is C37H52Cl3IrN4-4. The van der Waals surface area contributed by atoms with Crippen LogP contribution in [-0.2, 0) is 18.9 Å². The average Bonchev–Trinajstić information content (AvgIpc) is 3.27. The molecule has 0 spiro atoms. The van der Waals surface area contributed by atoms with Crippen LogP contribution >= 0.6 is 28.8 Å². The molecule has 7 rings (SSSR count). The third kappa shape index (κ3) is 9.49. The summed E-state index contributed by atoms with van der Waals surface area (Å²) in [6, 6.07) is 16.3. The van der Waals surface area contributed by atoms with Gasteiger partial charge >= 0.3 is 42.2 Å². The van der Waals surface area contributed by atoms with Gasteiger partial charge in [0, 0.05) is 5.41 Å². The Kier molecular flexibility index (Phi) is 13.6. The summed E-state index contributed by atoms with van der Waals surface area (Å²) in [5.74, 6) is 1.34. The number of benzene rings is 2. The van der Waals surface area contributed by atoms with E-state index < -0.39 is 13.5 Å². The summed E-state index contributed by atoms with van der Waals surface area (Å²) >= 11 is -1.92. The number of aryl methyl sites for hydroxylation is 1. The van der Waals surface area contributed by atoms with Crippen molar-refractivity contribution in [2.24, 2.45) is 5.92 Å². The molecule has 4 fully saturated rings. The minimum atomic E-state index is -1.92. The third-order valence-electron chi connectivity index (χ3n) is 10.7. The second kappa shape index (κ2) is 17.0. The van der Waals surface area contributed by atoms with Gasteiger partial charge in [0.05, 0.1) is 0 Å². The van der Waals surface area contributed by atoms with Crippen molar-refractivity contribution in [2.45, 2.75) is 127 Å². The Morgan fingerprint density at radius 3 is 1.69 bits per heavy atom. The maximum atomic E-state index is 5.12. The Bertz CT molecular complexity index is 1190. The normalized spacial score (nSPS) is 30.9. The van der Waals surface area contributed by atoms with E-state index >= 15 is 0 Å². The molecule has 254 valence electrons. The van der Waals surface area contributed by atoms with Crippen molar-refractivity contribution in [3.05, 3.63) is 79.9 Å². The number of fused-ring (bicyclic) bond motifs is 3. The van der Waals surface area contributed by atoms with Crippen LogP contribution < -0.4 is 0 Å². The van der Waals surface area contributed by atoms with Crippen LogP contribution in [0.25, 0.3) is 32.4 Å². The van der Waals surface area contributed by atoms with E-state index in [2.05, 4.69) is 74.7 Å². The molecule has 0 radical (unpaired) electrons. The van der Waals surface area contributed by atoms with Crippen molar-refractivity contribution in [1.29, 1.82) is 0 Å². The Balaban J connectivity index is 0.000000207. The zero-order valence-electron chi connectivity index (χ0n) is 27.6. The minimum absolute atomic E-state index is 0.0821. The fraction of sp³-hybridized carbons (Fsp3) is 0.676. The van der Waals surface area contributed by atoms with Gasteiger partial charge in [0.25, 0.3) is 0 Å². The van der Waals surface area contributed by atoms with Gasteiger partial charge in [0.2, 0.25) is 0 Å². The van der Waals surface area contributed by atoms with E-state index in [1.54, 1.807) is 0 Å². The van der Waals surface area contributed by atoms with Gasteiger partial charge in [-0.3, -0.25) is 0 Å². The fourth-order valence-corrected chi connectivity index (χ4v) is 8.05. The van der Waals surface area contributed by atoms with E-state index in [1.165, 1.54) is 97.6 Å². The van der Waals surface area contributed by atoms with Gasteiger partial charge < -0.3 is 21.3 Å². The second-order valence-corrected chi connectivity index (χ2v) is 24.8. The molecule has 2 aromatic carbocycles. The Morgan fingerprint density at radius 2 is 1.18 bits per heavy atom. The van der Waals surface area contributed by atoms with Gasteiger partial charge in [-0.25, -0.2) is 0 Å². The number of piperidine rings is 4. The van der Waals surface area contributed by atoms with Crippen LogP contribution in [-0.4, -0.2) is 50.3 Å². The molecule has 8 heteroatoms. The topological polar surface area (TPSA) is 56.4 Å².